The standard InChI is InChI=1S/C12H26N2O3S/c1-17-9-8-14-6-2-5-13-7-3-12-4-10-18(15,16)11-12/h12-14H,2-11H2,1H3. The maximum Gasteiger partial charge on any atom is 0.150 e. The van der Waals surface area contributed by atoms with Gasteiger partial charge in [-0.2, -0.15) is 0 Å². The van der Waals surface area contributed by atoms with Gasteiger partial charge in [-0.25, -0.2) is 8.42 Å². The fraction of sp³-hybridized carbons (Fsp3) is 1.00. The van der Waals surface area contributed by atoms with Gasteiger partial charge in [0, 0.05) is 13.7 Å². The summed E-state index contributed by atoms with van der Waals surface area (Å²) in [5.41, 5.74) is 0. The number of ether oxygens (including phenoxy) is 1. The van der Waals surface area contributed by atoms with Gasteiger partial charge in [0.25, 0.3) is 0 Å². The molecule has 0 spiro atoms. The molecule has 1 rings (SSSR count). The second kappa shape index (κ2) is 8.85. The van der Waals surface area contributed by atoms with Gasteiger partial charge in [-0.15, -0.1) is 0 Å². The molecule has 18 heavy (non-hydrogen) atoms. The molecule has 1 fully saturated rings. The summed E-state index contributed by atoms with van der Waals surface area (Å²) in [6.45, 7) is 4.56. The lowest BCUT2D eigenvalue weighted by Gasteiger charge is -2.09. The Kier molecular flexibility index (Phi) is 7.81. The summed E-state index contributed by atoms with van der Waals surface area (Å²) in [6.07, 6.45) is 2.92. The molecule has 1 atom stereocenters. The molecule has 1 aliphatic heterocycles. The van der Waals surface area contributed by atoms with Crippen LogP contribution in [0.25, 0.3) is 0 Å². The predicted octanol–water partition coefficient (Wildman–Crippen LogP) is 0.0269. The Hall–Kier alpha value is -0.170. The first-order chi connectivity index (χ1) is 8.64. The molecule has 1 aliphatic rings. The summed E-state index contributed by atoms with van der Waals surface area (Å²) >= 11 is 0. The monoisotopic (exact) mass is 278 g/mol. The van der Waals surface area contributed by atoms with E-state index in [2.05, 4.69) is 10.6 Å². The lowest BCUT2D eigenvalue weighted by Crippen LogP contribution is -2.25. The van der Waals surface area contributed by atoms with E-state index in [-0.39, 0.29) is 0 Å². The summed E-state index contributed by atoms with van der Waals surface area (Å²) in [5.74, 6) is 1.16. The van der Waals surface area contributed by atoms with Crippen LogP contribution in [0.5, 0.6) is 0 Å². The highest BCUT2D eigenvalue weighted by molar-refractivity contribution is 7.91. The van der Waals surface area contributed by atoms with Gasteiger partial charge < -0.3 is 15.4 Å². The average molecular weight is 278 g/mol. The Labute approximate surface area is 111 Å². The van der Waals surface area contributed by atoms with Crippen molar-refractivity contribution in [1.29, 1.82) is 0 Å². The highest BCUT2D eigenvalue weighted by atomic mass is 32.2. The Balaban J connectivity index is 1.85. The largest absolute Gasteiger partial charge is 0.383 e. The van der Waals surface area contributed by atoms with Gasteiger partial charge in [0.1, 0.15) is 0 Å². The lowest BCUT2D eigenvalue weighted by atomic mass is 10.1. The number of hydrogen-bond donors (Lipinski definition) is 2. The Morgan fingerprint density at radius 1 is 1.17 bits per heavy atom. The smallest absolute Gasteiger partial charge is 0.150 e. The summed E-state index contributed by atoms with van der Waals surface area (Å²) in [7, 11) is -1.00. The van der Waals surface area contributed by atoms with Gasteiger partial charge in [0.15, 0.2) is 9.84 Å². The van der Waals surface area contributed by atoms with Gasteiger partial charge >= 0.3 is 0 Å². The summed E-state index contributed by atoms with van der Waals surface area (Å²) in [6, 6.07) is 0. The molecule has 1 unspecified atom stereocenters. The summed E-state index contributed by atoms with van der Waals surface area (Å²) < 4.78 is 27.5. The minimum Gasteiger partial charge on any atom is -0.383 e. The van der Waals surface area contributed by atoms with Crippen molar-refractivity contribution in [2.75, 3.05) is 51.4 Å². The molecule has 0 aromatic carbocycles. The average Bonchev–Trinajstić information content (AvgIpc) is 2.67. The molecule has 6 heteroatoms. The number of rotatable bonds is 10. The highest BCUT2D eigenvalue weighted by Crippen LogP contribution is 2.20. The molecule has 0 saturated carbocycles. The second-order valence-corrected chi connectivity index (χ2v) is 7.13. The zero-order valence-electron chi connectivity index (χ0n) is 11.3. The second-order valence-electron chi connectivity index (χ2n) is 4.90. The molecule has 0 bridgehead atoms. The molecule has 0 aromatic rings. The van der Waals surface area contributed by atoms with Crippen LogP contribution in [0.2, 0.25) is 0 Å². The van der Waals surface area contributed by atoms with E-state index in [1.165, 1.54) is 0 Å². The maximum absolute atomic E-state index is 11.3. The quantitative estimate of drug-likeness (QED) is 0.552. The molecular weight excluding hydrogens is 252 g/mol. The van der Waals surface area contributed by atoms with Crippen LogP contribution >= 0.6 is 0 Å². The van der Waals surface area contributed by atoms with E-state index in [9.17, 15) is 8.42 Å². The van der Waals surface area contributed by atoms with E-state index >= 15 is 0 Å². The first kappa shape index (κ1) is 15.9. The zero-order chi connectivity index (χ0) is 13.3. The van der Waals surface area contributed by atoms with E-state index in [4.69, 9.17) is 4.74 Å². The van der Waals surface area contributed by atoms with E-state index < -0.39 is 9.84 Å². The minimum absolute atomic E-state index is 0.377. The molecule has 0 radical (unpaired) electrons. The first-order valence-electron chi connectivity index (χ1n) is 6.75. The van der Waals surface area contributed by atoms with Gasteiger partial charge in [0.2, 0.25) is 0 Å². The fourth-order valence-electron chi connectivity index (χ4n) is 2.17. The summed E-state index contributed by atoms with van der Waals surface area (Å²) in [4.78, 5) is 0. The highest BCUT2D eigenvalue weighted by Gasteiger charge is 2.26. The first-order valence-corrected chi connectivity index (χ1v) is 8.57. The number of nitrogens with one attached hydrogen (secondary N) is 2. The lowest BCUT2D eigenvalue weighted by molar-refractivity contribution is 0.199. The van der Waals surface area contributed by atoms with Gasteiger partial charge in [-0.3, -0.25) is 0 Å². The van der Waals surface area contributed by atoms with Crippen LogP contribution in [0.15, 0.2) is 0 Å². The third-order valence-electron chi connectivity index (χ3n) is 3.25. The van der Waals surface area contributed by atoms with Crippen molar-refractivity contribution in [2.45, 2.75) is 19.3 Å². The van der Waals surface area contributed by atoms with E-state index in [1.807, 2.05) is 0 Å². The predicted molar refractivity (Wildman–Crippen MR) is 73.6 cm³/mol. The molecule has 0 aliphatic carbocycles. The van der Waals surface area contributed by atoms with E-state index in [0.29, 0.717) is 17.4 Å². The molecule has 1 heterocycles. The van der Waals surface area contributed by atoms with Crippen molar-refractivity contribution in [3.8, 4) is 0 Å². The SMILES string of the molecule is COCCNCCCNCCC1CCS(=O)(=O)C1. The van der Waals surface area contributed by atoms with Gasteiger partial charge in [0.05, 0.1) is 18.1 Å². The minimum atomic E-state index is -2.71. The molecule has 108 valence electrons. The number of hydrogen-bond acceptors (Lipinski definition) is 5. The van der Waals surface area contributed by atoms with Crippen LogP contribution < -0.4 is 10.6 Å². The van der Waals surface area contributed by atoms with Crippen LogP contribution in [0.3, 0.4) is 0 Å². The van der Waals surface area contributed by atoms with Crippen molar-refractivity contribution in [2.24, 2.45) is 5.92 Å². The molecule has 0 amide bonds. The molecule has 2 N–H and O–H groups in total. The van der Waals surface area contributed by atoms with Crippen molar-refractivity contribution in [3.63, 3.8) is 0 Å². The van der Waals surface area contributed by atoms with Crippen molar-refractivity contribution < 1.29 is 13.2 Å². The van der Waals surface area contributed by atoms with E-state index in [0.717, 1.165) is 52.0 Å². The van der Waals surface area contributed by atoms with Crippen LogP contribution in [0.1, 0.15) is 19.3 Å². The Morgan fingerprint density at radius 3 is 2.50 bits per heavy atom. The molecule has 1 saturated heterocycles. The normalized spacial score (nSPS) is 22.4. The van der Waals surface area contributed by atoms with Crippen LogP contribution in [-0.4, -0.2) is 59.8 Å². The third-order valence-corrected chi connectivity index (χ3v) is 5.08. The topological polar surface area (TPSA) is 67.4 Å². The van der Waals surface area contributed by atoms with E-state index in [1.54, 1.807) is 7.11 Å². The van der Waals surface area contributed by atoms with Crippen molar-refractivity contribution in [1.82, 2.24) is 10.6 Å². The van der Waals surface area contributed by atoms with Gasteiger partial charge in [-0.05, 0) is 44.8 Å². The van der Waals surface area contributed by atoms with Crippen LogP contribution in [0.4, 0.5) is 0 Å². The van der Waals surface area contributed by atoms with Crippen molar-refractivity contribution in [3.05, 3.63) is 0 Å². The molecular formula is C12H26N2O3S. The van der Waals surface area contributed by atoms with Crippen LogP contribution in [0, 0.1) is 5.92 Å². The summed E-state index contributed by atoms with van der Waals surface area (Å²) in [5, 5.41) is 6.65. The van der Waals surface area contributed by atoms with Gasteiger partial charge in [-0.1, -0.05) is 0 Å². The fourth-order valence-corrected chi connectivity index (χ4v) is 4.08. The third kappa shape index (κ3) is 7.31. The van der Waals surface area contributed by atoms with Crippen LogP contribution in [-0.2, 0) is 14.6 Å². The zero-order valence-corrected chi connectivity index (χ0v) is 12.1. The number of sulfone groups is 1. The maximum atomic E-state index is 11.3. The Morgan fingerprint density at radius 2 is 1.89 bits per heavy atom. The number of methoxy groups -OCH3 is 1. The molecule has 5 nitrogen and oxygen atoms in total. The Bertz CT molecular complexity index is 306. The van der Waals surface area contributed by atoms with Crippen molar-refractivity contribution >= 4 is 9.84 Å². The molecule has 0 aromatic heterocycles.